The van der Waals surface area contributed by atoms with E-state index in [1.807, 2.05) is 26.8 Å². The van der Waals surface area contributed by atoms with Crippen LogP contribution in [0.2, 0.25) is 0 Å². The van der Waals surface area contributed by atoms with Crippen molar-refractivity contribution in [1.29, 1.82) is 0 Å². The number of rotatable bonds is 6. The van der Waals surface area contributed by atoms with Gasteiger partial charge in [-0.25, -0.2) is 4.79 Å². The average Bonchev–Trinajstić information content (AvgIpc) is 2.93. The minimum atomic E-state index is -0.808. The number of amides is 3. The van der Waals surface area contributed by atoms with Crippen LogP contribution in [0.4, 0.5) is 4.79 Å². The predicted octanol–water partition coefficient (Wildman–Crippen LogP) is 3.14. The molecule has 1 aromatic heterocycles. The number of ether oxygens (including phenoxy) is 1. The highest BCUT2D eigenvalue weighted by molar-refractivity contribution is 6.11. The van der Waals surface area contributed by atoms with Crippen LogP contribution in [0.5, 0.6) is 0 Å². The van der Waals surface area contributed by atoms with Crippen molar-refractivity contribution < 1.29 is 19.1 Å². The third-order valence-electron chi connectivity index (χ3n) is 6.14. The Kier molecular flexibility index (Phi) is 5.93. The van der Waals surface area contributed by atoms with Crippen LogP contribution in [0.15, 0.2) is 6.07 Å². The van der Waals surface area contributed by atoms with Crippen molar-refractivity contribution in [2.75, 3.05) is 20.3 Å². The molecule has 3 rings (SSSR count). The first-order valence-electron chi connectivity index (χ1n) is 10.2. The molecule has 0 unspecified atom stereocenters. The van der Waals surface area contributed by atoms with Crippen molar-refractivity contribution in [3.8, 4) is 0 Å². The maximum atomic E-state index is 13.0. The van der Waals surface area contributed by atoms with Crippen LogP contribution < -0.4 is 5.32 Å². The van der Waals surface area contributed by atoms with E-state index in [9.17, 15) is 14.4 Å². The Bertz CT molecular complexity index is 775. The van der Waals surface area contributed by atoms with Gasteiger partial charge in [0, 0.05) is 24.1 Å². The Labute approximate surface area is 166 Å². The molecule has 1 atom stereocenters. The van der Waals surface area contributed by atoms with E-state index in [2.05, 4.69) is 9.88 Å². The number of aryl methyl sites for hydroxylation is 1. The number of urea groups is 1. The summed E-state index contributed by atoms with van der Waals surface area (Å²) in [7, 11) is 1.65. The third kappa shape index (κ3) is 3.60. The summed E-state index contributed by atoms with van der Waals surface area (Å²) in [6.45, 7) is 6.20. The van der Waals surface area contributed by atoms with E-state index in [0.29, 0.717) is 25.0 Å². The maximum Gasteiger partial charge on any atom is 0.325 e. The van der Waals surface area contributed by atoms with Gasteiger partial charge in [0.2, 0.25) is 0 Å². The van der Waals surface area contributed by atoms with Gasteiger partial charge in [-0.05, 0) is 39.7 Å². The van der Waals surface area contributed by atoms with Gasteiger partial charge in [-0.1, -0.05) is 25.7 Å². The zero-order valence-corrected chi connectivity index (χ0v) is 17.3. The summed E-state index contributed by atoms with van der Waals surface area (Å²) in [5.41, 5.74) is 1.55. The average molecular weight is 389 g/mol. The first kappa shape index (κ1) is 20.6. The van der Waals surface area contributed by atoms with Gasteiger partial charge in [0.25, 0.3) is 5.91 Å². The molecule has 7 heteroatoms. The molecule has 2 heterocycles. The number of nitrogens with one attached hydrogen (secondary N) is 1. The number of Topliss-reactive ketones (excluding diaryl/α,β-unsaturated/α-hetero) is 1. The molecule has 1 saturated carbocycles. The number of carbonyl (C=O) groups excluding carboxylic acids is 3. The molecule has 1 aromatic rings. The molecular weight excluding hydrogens is 358 g/mol. The Morgan fingerprint density at radius 1 is 1.21 bits per heavy atom. The van der Waals surface area contributed by atoms with Crippen LogP contribution in [0, 0.1) is 13.8 Å². The molecule has 1 spiro atoms. The molecule has 0 bridgehead atoms. The van der Waals surface area contributed by atoms with Gasteiger partial charge in [-0.15, -0.1) is 0 Å². The lowest BCUT2D eigenvalue weighted by atomic mass is 9.90. The standard InChI is InChI=1S/C21H31N3O4/c1-14-11-17(16(3)24(14)15(2)13-28-4)18(25)12-23-19(26)21(22-20(23)27)9-7-5-6-8-10-21/h11,15H,5-10,12-13H2,1-4H3,(H,22,27)/t15-/m0/s1. The van der Waals surface area contributed by atoms with Gasteiger partial charge in [0.05, 0.1) is 19.2 Å². The first-order chi connectivity index (χ1) is 13.3. The van der Waals surface area contributed by atoms with Crippen LogP contribution in [-0.2, 0) is 9.53 Å². The second-order valence-electron chi connectivity index (χ2n) is 8.20. The van der Waals surface area contributed by atoms with Crippen molar-refractivity contribution in [1.82, 2.24) is 14.8 Å². The smallest absolute Gasteiger partial charge is 0.325 e. The minimum absolute atomic E-state index is 0.0949. The third-order valence-corrected chi connectivity index (χ3v) is 6.14. The number of nitrogens with zero attached hydrogens (tertiary/aromatic N) is 2. The molecule has 7 nitrogen and oxygen atoms in total. The van der Waals surface area contributed by atoms with E-state index in [4.69, 9.17) is 4.74 Å². The van der Waals surface area contributed by atoms with E-state index in [-0.39, 0.29) is 24.3 Å². The van der Waals surface area contributed by atoms with E-state index in [0.717, 1.165) is 42.0 Å². The molecule has 0 radical (unpaired) electrons. The van der Waals surface area contributed by atoms with Crippen LogP contribution >= 0.6 is 0 Å². The fourth-order valence-electron chi connectivity index (χ4n) is 4.77. The number of carbonyl (C=O) groups is 3. The van der Waals surface area contributed by atoms with Crippen LogP contribution in [0.1, 0.15) is 73.2 Å². The summed E-state index contributed by atoms with van der Waals surface area (Å²) in [5, 5.41) is 2.90. The lowest BCUT2D eigenvalue weighted by molar-refractivity contribution is -0.131. The SMILES string of the molecule is COC[C@H](C)n1c(C)cc(C(=O)CN2C(=O)NC3(CCCCCC3)C2=O)c1C. The highest BCUT2D eigenvalue weighted by Crippen LogP contribution is 2.33. The van der Waals surface area contributed by atoms with Crippen LogP contribution in [0.3, 0.4) is 0 Å². The highest BCUT2D eigenvalue weighted by atomic mass is 16.5. The fourth-order valence-corrected chi connectivity index (χ4v) is 4.77. The number of hydrogen-bond acceptors (Lipinski definition) is 4. The zero-order valence-electron chi connectivity index (χ0n) is 17.3. The Morgan fingerprint density at radius 3 is 2.46 bits per heavy atom. The number of aromatic nitrogens is 1. The van der Waals surface area contributed by atoms with Gasteiger partial charge >= 0.3 is 6.03 Å². The number of imide groups is 1. The Morgan fingerprint density at radius 2 is 1.86 bits per heavy atom. The molecule has 2 fully saturated rings. The fraction of sp³-hybridized carbons (Fsp3) is 0.667. The summed E-state index contributed by atoms with van der Waals surface area (Å²) < 4.78 is 7.30. The summed E-state index contributed by atoms with van der Waals surface area (Å²) in [5.74, 6) is -0.451. The van der Waals surface area contributed by atoms with Gasteiger partial charge in [-0.3, -0.25) is 14.5 Å². The minimum Gasteiger partial charge on any atom is -0.383 e. The van der Waals surface area contributed by atoms with Gasteiger partial charge in [0.15, 0.2) is 5.78 Å². The highest BCUT2D eigenvalue weighted by Gasteiger charge is 2.51. The van der Waals surface area contributed by atoms with Gasteiger partial charge < -0.3 is 14.6 Å². The van der Waals surface area contributed by atoms with Crippen molar-refractivity contribution in [3.63, 3.8) is 0 Å². The molecule has 154 valence electrons. The van der Waals surface area contributed by atoms with Crippen molar-refractivity contribution in [3.05, 3.63) is 23.0 Å². The normalized spacial score (nSPS) is 20.4. The molecule has 28 heavy (non-hydrogen) atoms. The Hall–Kier alpha value is -2.15. The number of hydrogen-bond donors (Lipinski definition) is 1. The Balaban J connectivity index is 1.79. The zero-order chi connectivity index (χ0) is 20.5. The molecular formula is C21H31N3O4. The van der Waals surface area contributed by atoms with E-state index in [1.54, 1.807) is 7.11 Å². The molecule has 1 N–H and O–H groups in total. The van der Waals surface area contributed by atoms with E-state index < -0.39 is 11.6 Å². The van der Waals surface area contributed by atoms with E-state index in [1.165, 1.54) is 0 Å². The summed E-state index contributed by atoms with van der Waals surface area (Å²) >= 11 is 0. The topological polar surface area (TPSA) is 80.6 Å². The lowest BCUT2D eigenvalue weighted by Crippen LogP contribution is -2.46. The quantitative estimate of drug-likeness (QED) is 0.599. The summed E-state index contributed by atoms with van der Waals surface area (Å²) in [4.78, 5) is 39.6. The molecule has 1 saturated heterocycles. The molecule has 0 aromatic carbocycles. The number of methoxy groups -OCH3 is 1. The predicted molar refractivity (Wildman–Crippen MR) is 106 cm³/mol. The van der Waals surface area contributed by atoms with Crippen LogP contribution in [-0.4, -0.2) is 53.0 Å². The summed E-state index contributed by atoms with van der Waals surface area (Å²) in [6, 6.07) is 1.49. The van der Waals surface area contributed by atoms with Crippen LogP contribution in [0.25, 0.3) is 0 Å². The second-order valence-corrected chi connectivity index (χ2v) is 8.20. The van der Waals surface area contributed by atoms with Crippen molar-refractivity contribution in [2.24, 2.45) is 0 Å². The van der Waals surface area contributed by atoms with Gasteiger partial charge in [0.1, 0.15) is 5.54 Å². The second kappa shape index (κ2) is 8.07. The number of ketones is 1. The van der Waals surface area contributed by atoms with Crippen molar-refractivity contribution >= 4 is 17.7 Å². The molecule has 1 aliphatic carbocycles. The molecule has 2 aliphatic rings. The van der Waals surface area contributed by atoms with E-state index >= 15 is 0 Å². The van der Waals surface area contributed by atoms with Gasteiger partial charge in [-0.2, -0.15) is 0 Å². The van der Waals surface area contributed by atoms with Crippen molar-refractivity contribution in [2.45, 2.75) is 70.9 Å². The maximum absolute atomic E-state index is 13.0. The molecule has 1 aliphatic heterocycles. The molecule has 3 amide bonds. The summed E-state index contributed by atoms with van der Waals surface area (Å²) in [6.07, 6.45) is 5.32. The first-order valence-corrected chi connectivity index (χ1v) is 10.2. The largest absolute Gasteiger partial charge is 0.383 e. The lowest BCUT2D eigenvalue weighted by Gasteiger charge is -2.24. The monoisotopic (exact) mass is 389 g/mol.